The Morgan fingerprint density at radius 3 is 2.89 bits per heavy atom. The van der Waals surface area contributed by atoms with Gasteiger partial charge in [-0.05, 0) is 13.8 Å². The molecule has 0 radical (unpaired) electrons. The molecule has 0 aliphatic rings. The van der Waals surface area contributed by atoms with E-state index in [-0.39, 0.29) is 23.5 Å². The molecule has 3 N–H and O–H groups in total. The van der Waals surface area contributed by atoms with E-state index >= 15 is 0 Å². The Labute approximate surface area is 104 Å². The van der Waals surface area contributed by atoms with Gasteiger partial charge in [0, 0.05) is 6.61 Å². The molecule has 1 unspecified atom stereocenters. The van der Waals surface area contributed by atoms with Crippen LogP contribution in [0.4, 0.5) is 11.5 Å². The van der Waals surface area contributed by atoms with Crippen molar-refractivity contribution in [2.75, 3.05) is 18.6 Å². The fourth-order valence-electron chi connectivity index (χ4n) is 1.26. The Morgan fingerprint density at radius 2 is 2.33 bits per heavy atom. The lowest BCUT2D eigenvalue weighted by Crippen LogP contribution is -2.20. The number of hydrazine groups is 1. The maximum absolute atomic E-state index is 10.7. The first-order valence-corrected chi connectivity index (χ1v) is 5.44. The van der Waals surface area contributed by atoms with Crippen molar-refractivity contribution >= 4 is 11.5 Å². The summed E-state index contributed by atoms with van der Waals surface area (Å²) in [7, 11) is 0. The van der Waals surface area contributed by atoms with E-state index in [1.807, 2.05) is 6.92 Å². The molecule has 18 heavy (non-hydrogen) atoms. The molecule has 0 bridgehead atoms. The second kappa shape index (κ2) is 6.72. The molecule has 0 amide bonds. The summed E-state index contributed by atoms with van der Waals surface area (Å²) in [6, 6.07) is 2.46. The summed E-state index contributed by atoms with van der Waals surface area (Å²) >= 11 is 0. The van der Waals surface area contributed by atoms with Crippen LogP contribution in [0.2, 0.25) is 0 Å². The molecular weight excluding hydrogens is 240 g/mol. The maximum Gasteiger partial charge on any atom is 0.278 e. The summed E-state index contributed by atoms with van der Waals surface area (Å²) in [5.74, 6) is 5.48. The van der Waals surface area contributed by atoms with Gasteiger partial charge in [0.1, 0.15) is 6.10 Å². The first-order valence-electron chi connectivity index (χ1n) is 5.44. The molecule has 1 heterocycles. The number of aromatic nitrogens is 1. The molecule has 1 aromatic rings. The van der Waals surface area contributed by atoms with E-state index in [0.29, 0.717) is 13.2 Å². The van der Waals surface area contributed by atoms with Crippen LogP contribution in [-0.4, -0.2) is 29.2 Å². The van der Waals surface area contributed by atoms with Crippen molar-refractivity contribution in [3.8, 4) is 5.88 Å². The lowest BCUT2D eigenvalue weighted by molar-refractivity contribution is -0.384. The summed E-state index contributed by atoms with van der Waals surface area (Å²) in [5, 5.41) is 10.7. The molecule has 0 saturated heterocycles. The van der Waals surface area contributed by atoms with Gasteiger partial charge < -0.3 is 14.9 Å². The smallest absolute Gasteiger partial charge is 0.278 e. The molecule has 0 fully saturated rings. The van der Waals surface area contributed by atoms with Crippen LogP contribution >= 0.6 is 0 Å². The highest BCUT2D eigenvalue weighted by Gasteiger charge is 2.13. The normalized spacial score (nSPS) is 11.9. The molecular formula is C10H16N4O4. The van der Waals surface area contributed by atoms with Crippen LogP contribution < -0.4 is 16.0 Å². The first kappa shape index (κ1) is 14.1. The van der Waals surface area contributed by atoms with Crippen LogP contribution in [0.25, 0.3) is 0 Å². The third kappa shape index (κ3) is 4.15. The first-order chi connectivity index (χ1) is 8.56. The average molecular weight is 256 g/mol. The zero-order valence-corrected chi connectivity index (χ0v) is 10.3. The third-order valence-corrected chi connectivity index (χ3v) is 2.02. The number of nitrogens with two attached hydrogens (primary N) is 1. The van der Waals surface area contributed by atoms with Crippen LogP contribution in [0.3, 0.4) is 0 Å². The van der Waals surface area contributed by atoms with Gasteiger partial charge in [-0.25, -0.2) is 5.84 Å². The molecule has 0 aliphatic heterocycles. The van der Waals surface area contributed by atoms with Crippen molar-refractivity contribution in [3.63, 3.8) is 0 Å². The molecule has 0 spiro atoms. The molecule has 100 valence electrons. The van der Waals surface area contributed by atoms with Gasteiger partial charge in [-0.15, -0.1) is 0 Å². The number of anilines is 1. The van der Waals surface area contributed by atoms with Gasteiger partial charge in [-0.1, -0.05) is 0 Å². The van der Waals surface area contributed by atoms with E-state index < -0.39 is 4.92 Å². The number of nitro groups is 1. The number of nitrogens with zero attached hydrogens (tertiary/aromatic N) is 2. The second-order valence-corrected chi connectivity index (χ2v) is 3.54. The average Bonchev–Trinajstić information content (AvgIpc) is 2.35. The quantitative estimate of drug-likeness (QED) is 0.426. The lowest BCUT2D eigenvalue weighted by atomic mass is 10.4. The van der Waals surface area contributed by atoms with Crippen molar-refractivity contribution in [2.24, 2.45) is 5.84 Å². The predicted octanol–water partition coefficient (Wildman–Crippen LogP) is 1.08. The van der Waals surface area contributed by atoms with E-state index in [1.165, 1.54) is 12.1 Å². The van der Waals surface area contributed by atoms with Crippen LogP contribution in [0.1, 0.15) is 13.8 Å². The molecule has 0 aromatic carbocycles. The minimum atomic E-state index is -0.539. The van der Waals surface area contributed by atoms with Crippen molar-refractivity contribution in [3.05, 3.63) is 22.2 Å². The summed E-state index contributed by atoms with van der Waals surface area (Å²) in [4.78, 5) is 14.1. The van der Waals surface area contributed by atoms with Crippen LogP contribution in [0, 0.1) is 10.1 Å². The van der Waals surface area contributed by atoms with E-state index in [4.69, 9.17) is 15.3 Å². The van der Waals surface area contributed by atoms with E-state index in [1.54, 1.807) is 6.92 Å². The van der Waals surface area contributed by atoms with Gasteiger partial charge in [0.05, 0.1) is 23.7 Å². The zero-order chi connectivity index (χ0) is 13.5. The fourth-order valence-corrected chi connectivity index (χ4v) is 1.26. The van der Waals surface area contributed by atoms with Crippen LogP contribution in [-0.2, 0) is 4.74 Å². The number of nitrogen functional groups attached to an aromatic ring is 1. The Kier molecular flexibility index (Phi) is 5.28. The Morgan fingerprint density at radius 1 is 1.61 bits per heavy atom. The van der Waals surface area contributed by atoms with Gasteiger partial charge >= 0.3 is 0 Å². The standard InChI is InChI=1S/C10H16N4O4/c1-3-17-6-7(2)18-10-5-8(14(15)16)4-9(12-10)13-11/h4-5,7H,3,6,11H2,1-2H3,(H,12,13). The van der Waals surface area contributed by atoms with Gasteiger partial charge in [0.25, 0.3) is 5.69 Å². The minimum Gasteiger partial charge on any atom is -0.472 e. The number of hydrogen-bond acceptors (Lipinski definition) is 7. The number of nitrogens with one attached hydrogen (secondary N) is 1. The van der Waals surface area contributed by atoms with Crippen molar-refractivity contribution in [1.82, 2.24) is 4.98 Å². The summed E-state index contributed by atoms with van der Waals surface area (Å²) < 4.78 is 10.6. The molecule has 8 heteroatoms. The minimum absolute atomic E-state index is 0.129. The molecule has 1 rings (SSSR count). The molecule has 0 saturated carbocycles. The number of ether oxygens (including phenoxy) is 2. The molecule has 0 aliphatic carbocycles. The van der Waals surface area contributed by atoms with Gasteiger partial charge in [0.15, 0.2) is 5.82 Å². The molecule has 1 atom stereocenters. The highest BCUT2D eigenvalue weighted by molar-refractivity contribution is 5.47. The van der Waals surface area contributed by atoms with Crippen LogP contribution in [0.15, 0.2) is 12.1 Å². The van der Waals surface area contributed by atoms with Crippen molar-refractivity contribution in [1.29, 1.82) is 0 Å². The molecule has 8 nitrogen and oxygen atoms in total. The highest BCUT2D eigenvalue weighted by Crippen LogP contribution is 2.22. The van der Waals surface area contributed by atoms with Crippen molar-refractivity contribution < 1.29 is 14.4 Å². The number of rotatable bonds is 7. The van der Waals surface area contributed by atoms with Gasteiger partial charge in [-0.3, -0.25) is 10.1 Å². The number of pyridine rings is 1. The molecule has 1 aromatic heterocycles. The van der Waals surface area contributed by atoms with E-state index in [0.717, 1.165) is 0 Å². The monoisotopic (exact) mass is 256 g/mol. The summed E-state index contributed by atoms with van der Waals surface area (Å²) in [6.45, 7) is 4.61. The maximum atomic E-state index is 10.7. The van der Waals surface area contributed by atoms with E-state index in [2.05, 4.69) is 10.4 Å². The number of hydrogen-bond donors (Lipinski definition) is 2. The largest absolute Gasteiger partial charge is 0.472 e. The summed E-state index contributed by atoms with van der Waals surface area (Å²) in [5.41, 5.74) is 2.11. The van der Waals surface area contributed by atoms with Crippen molar-refractivity contribution in [2.45, 2.75) is 20.0 Å². The highest BCUT2D eigenvalue weighted by atomic mass is 16.6. The fraction of sp³-hybridized carbons (Fsp3) is 0.500. The topological polar surface area (TPSA) is 113 Å². The SMILES string of the molecule is CCOCC(C)Oc1cc([N+](=O)[O-])cc(NN)n1. The lowest BCUT2D eigenvalue weighted by Gasteiger charge is -2.14. The Hall–Kier alpha value is -1.93. The van der Waals surface area contributed by atoms with E-state index in [9.17, 15) is 10.1 Å². The predicted molar refractivity (Wildman–Crippen MR) is 65.3 cm³/mol. The Balaban J connectivity index is 2.81. The summed E-state index contributed by atoms with van der Waals surface area (Å²) in [6.07, 6.45) is -0.259. The van der Waals surface area contributed by atoms with Gasteiger partial charge in [-0.2, -0.15) is 4.98 Å². The third-order valence-electron chi connectivity index (χ3n) is 2.02. The second-order valence-electron chi connectivity index (χ2n) is 3.54. The zero-order valence-electron chi connectivity index (χ0n) is 10.3. The Bertz CT molecular complexity index is 413. The van der Waals surface area contributed by atoms with Gasteiger partial charge in [0.2, 0.25) is 5.88 Å². The van der Waals surface area contributed by atoms with Crippen LogP contribution in [0.5, 0.6) is 5.88 Å².